The second-order valence-electron chi connectivity index (χ2n) is 6.24. The number of nitro benzene ring substituents is 1. The van der Waals surface area contributed by atoms with E-state index in [-0.39, 0.29) is 17.0 Å². The van der Waals surface area contributed by atoms with E-state index in [4.69, 9.17) is 9.47 Å². The molecule has 0 heterocycles. The average Bonchev–Trinajstić information content (AvgIpc) is 2.74. The molecule has 2 aromatic rings. The third-order valence-corrected chi connectivity index (χ3v) is 4.42. The Hall–Kier alpha value is -3.29. The van der Waals surface area contributed by atoms with Crippen molar-refractivity contribution in [2.75, 3.05) is 38.3 Å². The number of carbonyl (C=O) groups excluding carboxylic acids is 1. The lowest BCUT2D eigenvalue weighted by atomic mass is 10.1. The summed E-state index contributed by atoms with van der Waals surface area (Å²) in [5, 5.41) is 14.2. The van der Waals surface area contributed by atoms with E-state index in [1.54, 1.807) is 6.92 Å². The fourth-order valence-electron chi connectivity index (χ4n) is 2.99. The van der Waals surface area contributed by atoms with Crippen molar-refractivity contribution in [1.82, 2.24) is 5.32 Å². The Bertz CT molecular complexity index is 827. The predicted octanol–water partition coefficient (Wildman–Crippen LogP) is 3.65. The number of anilines is 1. The molecule has 0 aliphatic heterocycles. The predicted molar refractivity (Wildman–Crippen MR) is 112 cm³/mol. The number of rotatable bonds is 11. The van der Waals surface area contributed by atoms with Gasteiger partial charge in [0.2, 0.25) is 0 Å². The lowest BCUT2D eigenvalue weighted by Gasteiger charge is -2.23. The summed E-state index contributed by atoms with van der Waals surface area (Å²) in [6.45, 7) is 6.21. The number of para-hydroxylation sites is 1. The van der Waals surface area contributed by atoms with Gasteiger partial charge in [0.1, 0.15) is 5.56 Å². The van der Waals surface area contributed by atoms with Crippen LogP contribution in [0, 0.1) is 10.1 Å². The van der Waals surface area contributed by atoms with Gasteiger partial charge in [-0.05, 0) is 32.4 Å². The molecule has 8 heteroatoms. The number of benzene rings is 2. The van der Waals surface area contributed by atoms with Crippen molar-refractivity contribution in [2.45, 2.75) is 20.3 Å². The molecular weight excluding hydrogens is 374 g/mol. The van der Waals surface area contributed by atoms with E-state index in [1.165, 1.54) is 19.2 Å². The fourth-order valence-corrected chi connectivity index (χ4v) is 2.99. The molecule has 2 aromatic carbocycles. The zero-order valence-corrected chi connectivity index (χ0v) is 17.0. The van der Waals surface area contributed by atoms with E-state index in [9.17, 15) is 14.9 Å². The Morgan fingerprint density at radius 2 is 1.90 bits per heavy atom. The maximum Gasteiger partial charge on any atom is 0.286 e. The van der Waals surface area contributed by atoms with Crippen LogP contribution in [0.1, 0.15) is 30.6 Å². The largest absolute Gasteiger partial charge is 0.493 e. The van der Waals surface area contributed by atoms with E-state index in [2.05, 4.69) is 17.1 Å². The summed E-state index contributed by atoms with van der Waals surface area (Å²) in [6.07, 6.45) is 0.705. The fraction of sp³-hybridized carbons (Fsp3) is 0.381. The summed E-state index contributed by atoms with van der Waals surface area (Å²) in [4.78, 5) is 25.6. The van der Waals surface area contributed by atoms with Crippen LogP contribution in [0.4, 0.5) is 11.4 Å². The van der Waals surface area contributed by atoms with Crippen molar-refractivity contribution in [3.63, 3.8) is 0 Å². The van der Waals surface area contributed by atoms with E-state index in [0.29, 0.717) is 25.3 Å². The molecule has 0 spiro atoms. The molecule has 0 aliphatic rings. The van der Waals surface area contributed by atoms with Crippen molar-refractivity contribution in [1.29, 1.82) is 0 Å². The van der Waals surface area contributed by atoms with Crippen LogP contribution in [0.3, 0.4) is 0 Å². The number of nitrogens with one attached hydrogen (secondary N) is 1. The van der Waals surface area contributed by atoms with E-state index in [0.717, 1.165) is 18.8 Å². The van der Waals surface area contributed by atoms with Gasteiger partial charge >= 0.3 is 0 Å². The van der Waals surface area contributed by atoms with Gasteiger partial charge in [0.15, 0.2) is 11.5 Å². The zero-order valence-electron chi connectivity index (χ0n) is 17.0. The summed E-state index contributed by atoms with van der Waals surface area (Å²) in [5.41, 5.74) is 0.755. The van der Waals surface area contributed by atoms with Gasteiger partial charge in [0, 0.05) is 31.4 Å². The molecule has 0 atom stereocenters. The van der Waals surface area contributed by atoms with Gasteiger partial charge < -0.3 is 19.7 Å². The van der Waals surface area contributed by atoms with Crippen molar-refractivity contribution >= 4 is 17.3 Å². The standard InChI is InChI=1S/C21H27N3O5/c1-4-23(16-10-7-6-8-11-16)13-9-12-22-21(25)17-14-20(29-5-2)19(28-3)15-18(17)24(26)27/h6-8,10-11,14-15H,4-5,9,12-13H2,1-3H3,(H,22,25). The normalized spacial score (nSPS) is 10.3. The van der Waals surface area contributed by atoms with E-state index < -0.39 is 10.8 Å². The summed E-state index contributed by atoms with van der Waals surface area (Å²) < 4.78 is 10.6. The highest BCUT2D eigenvalue weighted by atomic mass is 16.6. The van der Waals surface area contributed by atoms with Crippen LogP contribution < -0.4 is 19.7 Å². The Kier molecular flexibility index (Phi) is 8.27. The van der Waals surface area contributed by atoms with Crippen LogP contribution >= 0.6 is 0 Å². The minimum atomic E-state index is -0.596. The summed E-state index contributed by atoms with van der Waals surface area (Å²) in [6, 6.07) is 12.6. The van der Waals surface area contributed by atoms with Crippen molar-refractivity contribution in [3.8, 4) is 11.5 Å². The molecule has 0 saturated carbocycles. The molecule has 1 amide bonds. The lowest BCUT2D eigenvalue weighted by Crippen LogP contribution is -2.30. The van der Waals surface area contributed by atoms with Crippen molar-refractivity contribution in [2.24, 2.45) is 0 Å². The van der Waals surface area contributed by atoms with Gasteiger partial charge in [-0.15, -0.1) is 0 Å². The minimum absolute atomic E-state index is 0.0466. The molecule has 0 aromatic heterocycles. The summed E-state index contributed by atoms with van der Waals surface area (Å²) in [5.74, 6) is 0.00611. The molecule has 0 aliphatic carbocycles. The topological polar surface area (TPSA) is 93.9 Å². The molecule has 1 N–H and O–H groups in total. The number of methoxy groups -OCH3 is 1. The molecule has 2 rings (SSSR count). The SMILES string of the molecule is CCOc1cc(C(=O)NCCCN(CC)c2ccccc2)c([N+](=O)[O-])cc1OC. The minimum Gasteiger partial charge on any atom is -0.493 e. The van der Waals surface area contributed by atoms with Crippen LogP contribution in [0.2, 0.25) is 0 Å². The molecule has 0 fully saturated rings. The van der Waals surface area contributed by atoms with Crippen LogP contribution in [0.5, 0.6) is 11.5 Å². The third kappa shape index (κ3) is 5.84. The summed E-state index contributed by atoms with van der Waals surface area (Å²) in [7, 11) is 1.40. The molecule has 8 nitrogen and oxygen atoms in total. The monoisotopic (exact) mass is 401 g/mol. The summed E-state index contributed by atoms with van der Waals surface area (Å²) >= 11 is 0. The molecule has 29 heavy (non-hydrogen) atoms. The van der Waals surface area contributed by atoms with Crippen LogP contribution in [0.25, 0.3) is 0 Å². The van der Waals surface area contributed by atoms with Crippen molar-refractivity contribution < 1.29 is 19.2 Å². The first kappa shape index (κ1) is 22.0. The van der Waals surface area contributed by atoms with Crippen LogP contribution in [0.15, 0.2) is 42.5 Å². The number of hydrogen-bond donors (Lipinski definition) is 1. The molecule has 0 saturated heterocycles. The van der Waals surface area contributed by atoms with Crippen LogP contribution in [-0.2, 0) is 0 Å². The lowest BCUT2D eigenvalue weighted by molar-refractivity contribution is -0.385. The number of hydrogen-bond acceptors (Lipinski definition) is 6. The Morgan fingerprint density at radius 1 is 1.17 bits per heavy atom. The Labute approximate surface area is 170 Å². The highest BCUT2D eigenvalue weighted by Crippen LogP contribution is 2.34. The number of nitrogens with zero attached hydrogens (tertiary/aromatic N) is 2. The first-order valence-corrected chi connectivity index (χ1v) is 9.59. The van der Waals surface area contributed by atoms with E-state index >= 15 is 0 Å². The molecule has 0 radical (unpaired) electrons. The second-order valence-corrected chi connectivity index (χ2v) is 6.24. The Balaban J connectivity index is 2.04. The second kappa shape index (κ2) is 10.9. The molecule has 0 unspecified atom stereocenters. The third-order valence-electron chi connectivity index (χ3n) is 4.42. The van der Waals surface area contributed by atoms with Gasteiger partial charge in [-0.1, -0.05) is 18.2 Å². The van der Waals surface area contributed by atoms with Gasteiger partial charge in [0.05, 0.1) is 24.7 Å². The highest BCUT2D eigenvalue weighted by molar-refractivity contribution is 5.99. The maximum atomic E-state index is 12.6. The van der Waals surface area contributed by atoms with Crippen molar-refractivity contribution in [3.05, 3.63) is 58.1 Å². The maximum absolute atomic E-state index is 12.6. The number of nitro groups is 1. The quantitative estimate of drug-likeness (QED) is 0.351. The number of carbonyl (C=O) groups is 1. The van der Waals surface area contributed by atoms with Gasteiger partial charge in [-0.25, -0.2) is 0 Å². The molecule has 156 valence electrons. The highest BCUT2D eigenvalue weighted by Gasteiger charge is 2.24. The Morgan fingerprint density at radius 3 is 2.48 bits per heavy atom. The molecule has 0 bridgehead atoms. The first-order valence-electron chi connectivity index (χ1n) is 9.59. The average molecular weight is 401 g/mol. The van der Waals surface area contributed by atoms with Gasteiger partial charge in [-0.2, -0.15) is 0 Å². The van der Waals surface area contributed by atoms with Crippen LogP contribution in [-0.4, -0.2) is 44.2 Å². The number of amides is 1. The van der Waals surface area contributed by atoms with Gasteiger partial charge in [0.25, 0.3) is 11.6 Å². The number of ether oxygens (including phenoxy) is 2. The zero-order chi connectivity index (χ0) is 21.2. The molecular formula is C21H27N3O5. The van der Waals surface area contributed by atoms with Gasteiger partial charge in [-0.3, -0.25) is 14.9 Å². The van der Waals surface area contributed by atoms with E-state index in [1.807, 2.05) is 30.3 Å². The smallest absolute Gasteiger partial charge is 0.286 e. The first-order chi connectivity index (χ1) is 14.0.